The van der Waals surface area contributed by atoms with Gasteiger partial charge in [0.25, 0.3) is 0 Å². The molecule has 0 atom stereocenters. The summed E-state index contributed by atoms with van der Waals surface area (Å²) in [7, 11) is 0. The zero-order valence-electron chi connectivity index (χ0n) is 32.5. The van der Waals surface area contributed by atoms with Crippen molar-refractivity contribution in [3.63, 3.8) is 0 Å². The predicted molar refractivity (Wildman–Crippen MR) is 237 cm³/mol. The molecule has 6 rings (SSSR count). The monoisotopic (exact) mass is 728 g/mol. The van der Waals surface area contributed by atoms with Crippen molar-refractivity contribution in [3.8, 4) is 20.9 Å². The lowest BCUT2D eigenvalue weighted by molar-refractivity contribution is 0.557. The number of benzene rings is 4. The van der Waals surface area contributed by atoms with E-state index in [1.54, 1.807) is 0 Å². The zero-order valence-corrected chi connectivity index (χ0v) is 34.1. The Labute approximate surface area is 324 Å². The average molecular weight is 729 g/mol. The molecule has 0 saturated carbocycles. The molecule has 0 radical (unpaired) electrons. The first-order valence-electron chi connectivity index (χ1n) is 21.3. The Hall–Kier alpha value is -2.94. The SMILES string of the molecule is CCCCCCCCCCCCc1ccc(-c2ccc3cc4cc5ccc(-c6ccc(CCCCCCCCCCCC)s6)cc5cc4cc3c2)s1. The van der Waals surface area contributed by atoms with Crippen molar-refractivity contribution in [1.29, 1.82) is 0 Å². The Morgan fingerprint density at radius 3 is 1.02 bits per heavy atom. The Balaban J connectivity index is 1.02. The molecule has 0 nitrogen and oxygen atoms in total. The molecule has 52 heavy (non-hydrogen) atoms. The van der Waals surface area contributed by atoms with Crippen LogP contribution in [0.4, 0.5) is 0 Å². The lowest BCUT2D eigenvalue weighted by Gasteiger charge is -2.08. The number of hydrogen-bond acceptors (Lipinski definition) is 2. The van der Waals surface area contributed by atoms with E-state index in [1.807, 2.05) is 22.7 Å². The molecule has 0 aliphatic rings. The number of fused-ring (bicyclic) bond motifs is 3. The van der Waals surface area contributed by atoms with Crippen LogP contribution in [-0.2, 0) is 12.8 Å². The Morgan fingerprint density at radius 2 is 0.635 bits per heavy atom. The van der Waals surface area contributed by atoms with Gasteiger partial charge < -0.3 is 0 Å². The molecule has 2 heteroatoms. The first kappa shape index (κ1) is 38.8. The van der Waals surface area contributed by atoms with Gasteiger partial charge in [0, 0.05) is 19.5 Å². The third kappa shape index (κ3) is 11.5. The highest BCUT2D eigenvalue weighted by atomic mass is 32.1. The number of unbranched alkanes of at least 4 members (excludes halogenated alkanes) is 18. The molecule has 0 unspecified atom stereocenters. The maximum Gasteiger partial charge on any atom is 0.0345 e. The van der Waals surface area contributed by atoms with Crippen LogP contribution in [0.1, 0.15) is 152 Å². The smallest absolute Gasteiger partial charge is 0.0345 e. The number of hydrogen-bond donors (Lipinski definition) is 0. The summed E-state index contributed by atoms with van der Waals surface area (Å²) in [5.74, 6) is 0. The number of aryl methyl sites for hydroxylation is 2. The van der Waals surface area contributed by atoms with Crippen LogP contribution in [0.15, 0.2) is 84.9 Å². The second-order valence-corrected chi connectivity index (χ2v) is 17.9. The molecule has 4 aromatic carbocycles. The van der Waals surface area contributed by atoms with Crippen molar-refractivity contribution in [3.05, 3.63) is 94.7 Å². The van der Waals surface area contributed by atoms with Gasteiger partial charge in [0.2, 0.25) is 0 Å². The quantitative estimate of drug-likeness (QED) is 0.0430. The first-order valence-corrected chi connectivity index (χ1v) is 22.9. The maximum atomic E-state index is 2.41. The van der Waals surface area contributed by atoms with Crippen molar-refractivity contribution in [2.24, 2.45) is 0 Å². The van der Waals surface area contributed by atoms with E-state index in [0.717, 1.165) is 0 Å². The molecule has 276 valence electrons. The fourth-order valence-electron chi connectivity index (χ4n) is 7.96. The maximum absolute atomic E-state index is 2.41. The van der Waals surface area contributed by atoms with Crippen LogP contribution in [0.2, 0.25) is 0 Å². The van der Waals surface area contributed by atoms with E-state index in [-0.39, 0.29) is 0 Å². The minimum Gasteiger partial charge on any atom is -0.140 e. The van der Waals surface area contributed by atoms with Crippen LogP contribution in [0, 0.1) is 0 Å². The highest BCUT2D eigenvalue weighted by molar-refractivity contribution is 7.15. The van der Waals surface area contributed by atoms with Crippen molar-refractivity contribution in [2.45, 2.75) is 155 Å². The lowest BCUT2D eigenvalue weighted by atomic mass is 9.97. The van der Waals surface area contributed by atoms with Gasteiger partial charge in [-0.3, -0.25) is 0 Å². The molecule has 0 bridgehead atoms. The highest BCUT2D eigenvalue weighted by Gasteiger charge is 2.09. The largest absolute Gasteiger partial charge is 0.140 e. The molecule has 2 aromatic heterocycles. The standard InChI is InChI=1S/C50H64S2/c1-3-5-7-9-11-13-15-17-19-21-23-47-29-31-49(51-47)41-27-25-39-33-45-34-40-26-28-42(36-44(40)38-46(45)37-43(39)35-41)50-32-30-48(52-50)24-22-20-18-16-14-12-10-8-6-4-2/h25-38H,3-24H2,1-2H3. The van der Waals surface area contributed by atoms with Crippen molar-refractivity contribution in [2.75, 3.05) is 0 Å². The molecule has 0 N–H and O–H groups in total. The molecule has 0 aliphatic heterocycles. The minimum absolute atomic E-state index is 1.22. The van der Waals surface area contributed by atoms with Gasteiger partial charge in [-0.1, -0.05) is 154 Å². The average Bonchev–Trinajstić information content (AvgIpc) is 3.85. The van der Waals surface area contributed by atoms with Crippen LogP contribution in [0.5, 0.6) is 0 Å². The van der Waals surface area contributed by atoms with E-state index in [2.05, 4.69) is 98.8 Å². The second kappa shape index (κ2) is 21.1. The van der Waals surface area contributed by atoms with E-state index in [9.17, 15) is 0 Å². The summed E-state index contributed by atoms with van der Waals surface area (Å²) in [6.07, 6.45) is 30.4. The molecule has 0 saturated heterocycles. The molecule has 0 spiro atoms. The van der Waals surface area contributed by atoms with E-state index in [0.29, 0.717) is 0 Å². The van der Waals surface area contributed by atoms with Crippen LogP contribution in [-0.4, -0.2) is 0 Å². The van der Waals surface area contributed by atoms with Gasteiger partial charge >= 0.3 is 0 Å². The van der Waals surface area contributed by atoms with Gasteiger partial charge in [-0.25, -0.2) is 0 Å². The zero-order chi connectivity index (χ0) is 35.8. The topological polar surface area (TPSA) is 0 Å². The third-order valence-corrected chi connectivity index (χ3v) is 13.6. The van der Waals surface area contributed by atoms with E-state index in [4.69, 9.17) is 0 Å². The normalized spacial score (nSPS) is 11.8. The summed E-state index contributed by atoms with van der Waals surface area (Å²) in [5, 5.41) is 7.96. The third-order valence-electron chi connectivity index (χ3n) is 11.2. The van der Waals surface area contributed by atoms with Gasteiger partial charge in [0.15, 0.2) is 0 Å². The first-order chi connectivity index (χ1) is 25.7. The van der Waals surface area contributed by atoms with Crippen molar-refractivity contribution >= 4 is 55.0 Å². The summed E-state index contributed by atoms with van der Waals surface area (Å²) in [4.78, 5) is 5.87. The second-order valence-electron chi connectivity index (χ2n) is 15.6. The molecular formula is C50H64S2. The van der Waals surface area contributed by atoms with Crippen LogP contribution < -0.4 is 0 Å². The van der Waals surface area contributed by atoms with Crippen LogP contribution in [0.3, 0.4) is 0 Å². The van der Waals surface area contributed by atoms with Crippen molar-refractivity contribution < 1.29 is 0 Å². The van der Waals surface area contributed by atoms with E-state index < -0.39 is 0 Å². The van der Waals surface area contributed by atoms with Gasteiger partial charge in [-0.05, 0) is 130 Å². The molecule has 2 heterocycles. The van der Waals surface area contributed by atoms with E-state index >= 15 is 0 Å². The molecular weight excluding hydrogens is 665 g/mol. The van der Waals surface area contributed by atoms with Gasteiger partial charge in [0.1, 0.15) is 0 Å². The summed E-state index contributed by atoms with van der Waals surface area (Å²) in [5.41, 5.74) is 2.70. The number of thiophene rings is 2. The summed E-state index contributed by atoms with van der Waals surface area (Å²) < 4.78 is 0. The lowest BCUT2D eigenvalue weighted by Crippen LogP contribution is -1.84. The Morgan fingerprint density at radius 1 is 0.308 bits per heavy atom. The minimum atomic E-state index is 1.22. The van der Waals surface area contributed by atoms with Crippen molar-refractivity contribution in [1.82, 2.24) is 0 Å². The van der Waals surface area contributed by atoms with Crippen LogP contribution in [0.25, 0.3) is 53.2 Å². The predicted octanol–water partition coefficient (Wildman–Crippen LogP) is 17.5. The summed E-state index contributed by atoms with van der Waals surface area (Å²) in [6, 6.07) is 33.1. The fraction of sp³-hybridized carbons (Fsp3) is 0.480. The summed E-state index contributed by atoms with van der Waals surface area (Å²) in [6.45, 7) is 4.60. The fourth-order valence-corrected chi connectivity index (χ4v) is 10.1. The van der Waals surface area contributed by atoms with Crippen LogP contribution >= 0.6 is 22.7 Å². The van der Waals surface area contributed by atoms with Gasteiger partial charge in [-0.15, -0.1) is 22.7 Å². The Kier molecular flexibility index (Phi) is 15.7. The number of rotatable bonds is 24. The van der Waals surface area contributed by atoms with E-state index in [1.165, 1.54) is 204 Å². The Bertz CT molecular complexity index is 1800. The molecule has 0 aliphatic carbocycles. The molecule has 0 fully saturated rings. The molecule has 6 aromatic rings. The summed E-state index contributed by atoms with van der Waals surface area (Å²) >= 11 is 3.98. The molecule has 0 amide bonds. The van der Waals surface area contributed by atoms with Gasteiger partial charge in [-0.2, -0.15) is 0 Å². The highest BCUT2D eigenvalue weighted by Crippen LogP contribution is 2.36. The van der Waals surface area contributed by atoms with Gasteiger partial charge in [0.05, 0.1) is 0 Å².